The molecule has 7 heteroatoms. The van der Waals surface area contributed by atoms with Gasteiger partial charge in [-0.15, -0.1) is 5.10 Å². The summed E-state index contributed by atoms with van der Waals surface area (Å²) in [5, 5.41) is 10.2. The van der Waals surface area contributed by atoms with Crippen molar-refractivity contribution in [3.05, 3.63) is 47.0 Å². The number of aryl methyl sites for hydroxylation is 1. The summed E-state index contributed by atoms with van der Waals surface area (Å²) in [7, 11) is 3.21. The fraction of sp³-hybridized carbons (Fsp3) is 0.273. The number of aromatic nitrogens is 3. The van der Waals surface area contributed by atoms with Gasteiger partial charge in [0.15, 0.2) is 17.5 Å². The third-order valence-electron chi connectivity index (χ3n) is 2.71. The number of halogens is 3. The highest BCUT2D eigenvalue weighted by Crippen LogP contribution is 2.25. The highest BCUT2D eigenvalue weighted by Gasteiger charge is 2.23. The van der Waals surface area contributed by atoms with Crippen LogP contribution >= 0.6 is 0 Å². The van der Waals surface area contributed by atoms with E-state index in [1.54, 1.807) is 14.1 Å². The smallest absolute Gasteiger partial charge is 0.194 e. The van der Waals surface area contributed by atoms with Gasteiger partial charge in [0.2, 0.25) is 0 Å². The van der Waals surface area contributed by atoms with Gasteiger partial charge in [0, 0.05) is 12.6 Å². The van der Waals surface area contributed by atoms with E-state index in [1.807, 2.05) is 0 Å². The summed E-state index contributed by atoms with van der Waals surface area (Å²) >= 11 is 0. The maximum atomic E-state index is 13.7. The van der Waals surface area contributed by atoms with Gasteiger partial charge in [-0.2, -0.15) is 0 Å². The molecule has 18 heavy (non-hydrogen) atoms. The average Bonchev–Trinajstić information content (AvgIpc) is 2.77. The molecule has 0 aliphatic carbocycles. The Morgan fingerprint density at radius 1 is 1.22 bits per heavy atom. The molecule has 0 fully saturated rings. The monoisotopic (exact) mass is 256 g/mol. The number of hydrogen-bond acceptors (Lipinski definition) is 3. The molecule has 1 heterocycles. The average molecular weight is 256 g/mol. The van der Waals surface area contributed by atoms with Gasteiger partial charge in [-0.1, -0.05) is 11.3 Å². The largest absolute Gasteiger partial charge is 0.308 e. The minimum absolute atomic E-state index is 0.00167. The zero-order chi connectivity index (χ0) is 13.3. The highest BCUT2D eigenvalue weighted by molar-refractivity contribution is 5.29. The van der Waals surface area contributed by atoms with E-state index in [9.17, 15) is 13.2 Å². The second-order valence-corrected chi connectivity index (χ2v) is 3.77. The van der Waals surface area contributed by atoms with E-state index >= 15 is 0 Å². The zero-order valence-electron chi connectivity index (χ0n) is 9.78. The number of nitrogens with one attached hydrogen (secondary N) is 1. The quantitative estimate of drug-likeness (QED) is 0.847. The Kier molecular flexibility index (Phi) is 3.33. The topological polar surface area (TPSA) is 42.7 Å². The molecule has 1 aromatic carbocycles. The molecule has 1 aromatic heterocycles. The first kappa shape index (κ1) is 12.6. The molecular formula is C11H11F3N4. The van der Waals surface area contributed by atoms with Crippen LogP contribution in [0.5, 0.6) is 0 Å². The number of benzene rings is 1. The normalized spacial score (nSPS) is 12.7. The predicted molar refractivity (Wildman–Crippen MR) is 58.2 cm³/mol. The van der Waals surface area contributed by atoms with Gasteiger partial charge in [-0.05, 0) is 13.1 Å². The van der Waals surface area contributed by atoms with Crippen LogP contribution in [0.1, 0.15) is 17.3 Å². The van der Waals surface area contributed by atoms with Gasteiger partial charge in [0.05, 0.1) is 17.9 Å². The molecule has 1 unspecified atom stereocenters. The van der Waals surface area contributed by atoms with Crippen molar-refractivity contribution in [3.8, 4) is 0 Å². The van der Waals surface area contributed by atoms with E-state index in [2.05, 4.69) is 15.6 Å². The molecule has 2 rings (SSSR count). The molecule has 0 radical (unpaired) electrons. The standard InChI is InChI=1S/C11H11F3N4/c1-15-11(8-5-16-17-18(8)2)6-3-4-7(12)10(14)9(6)13/h3-5,11,15H,1-2H3. The summed E-state index contributed by atoms with van der Waals surface area (Å²) in [5.41, 5.74) is 0.546. The summed E-state index contributed by atoms with van der Waals surface area (Å²) < 4.78 is 41.2. The van der Waals surface area contributed by atoms with Gasteiger partial charge < -0.3 is 5.32 Å². The Morgan fingerprint density at radius 3 is 2.50 bits per heavy atom. The molecule has 0 spiro atoms. The number of hydrogen-bond donors (Lipinski definition) is 1. The van der Waals surface area contributed by atoms with Crippen molar-refractivity contribution >= 4 is 0 Å². The van der Waals surface area contributed by atoms with Crippen LogP contribution in [0.15, 0.2) is 18.3 Å². The molecule has 0 aliphatic heterocycles. The molecule has 0 amide bonds. The van der Waals surface area contributed by atoms with Gasteiger partial charge in [0.25, 0.3) is 0 Å². The lowest BCUT2D eigenvalue weighted by Gasteiger charge is -2.17. The third kappa shape index (κ3) is 1.97. The Bertz CT molecular complexity index is 567. The SMILES string of the molecule is CNC(c1ccc(F)c(F)c1F)c1cnnn1C. The van der Waals surface area contributed by atoms with E-state index in [-0.39, 0.29) is 5.56 Å². The molecule has 96 valence electrons. The van der Waals surface area contributed by atoms with Crippen LogP contribution < -0.4 is 5.32 Å². The fourth-order valence-electron chi connectivity index (χ4n) is 1.79. The van der Waals surface area contributed by atoms with Gasteiger partial charge >= 0.3 is 0 Å². The van der Waals surface area contributed by atoms with Crippen molar-refractivity contribution < 1.29 is 13.2 Å². The number of rotatable bonds is 3. The van der Waals surface area contributed by atoms with Crippen molar-refractivity contribution in [1.29, 1.82) is 0 Å². The fourth-order valence-corrected chi connectivity index (χ4v) is 1.79. The second-order valence-electron chi connectivity index (χ2n) is 3.77. The van der Waals surface area contributed by atoms with Gasteiger partial charge in [-0.3, -0.25) is 4.68 Å². The van der Waals surface area contributed by atoms with Crippen molar-refractivity contribution in [3.63, 3.8) is 0 Å². The molecule has 2 aromatic rings. The zero-order valence-corrected chi connectivity index (χ0v) is 9.78. The van der Waals surface area contributed by atoms with Crippen LogP contribution in [0, 0.1) is 17.5 Å². The summed E-state index contributed by atoms with van der Waals surface area (Å²) in [6, 6.07) is 1.43. The van der Waals surface area contributed by atoms with Gasteiger partial charge in [-0.25, -0.2) is 13.2 Å². The Balaban J connectivity index is 2.53. The first-order valence-corrected chi connectivity index (χ1v) is 5.21. The maximum absolute atomic E-state index is 13.7. The minimum atomic E-state index is -1.48. The first-order chi connectivity index (χ1) is 8.56. The van der Waals surface area contributed by atoms with Crippen LogP contribution in [0.3, 0.4) is 0 Å². The molecule has 0 saturated carbocycles. The minimum Gasteiger partial charge on any atom is -0.308 e. The van der Waals surface area contributed by atoms with Crippen molar-refractivity contribution in [1.82, 2.24) is 20.3 Å². The maximum Gasteiger partial charge on any atom is 0.194 e. The predicted octanol–water partition coefficient (Wildman–Crippen LogP) is 1.54. The lowest BCUT2D eigenvalue weighted by atomic mass is 10.0. The van der Waals surface area contributed by atoms with Crippen LogP contribution in [-0.4, -0.2) is 22.0 Å². The summed E-state index contributed by atoms with van der Waals surface area (Å²) in [6.45, 7) is 0. The van der Waals surface area contributed by atoms with Crippen molar-refractivity contribution in [2.24, 2.45) is 7.05 Å². The van der Waals surface area contributed by atoms with Crippen LogP contribution in [0.4, 0.5) is 13.2 Å². The molecule has 0 bridgehead atoms. The molecule has 0 saturated heterocycles. The van der Waals surface area contributed by atoms with E-state index in [4.69, 9.17) is 0 Å². The molecular weight excluding hydrogens is 245 g/mol. The lowest BCUT2D eigenvalue weighted by Crippen LogP contribution is -2.22. The second kappa shape index (κ2) is 4.77. The van der Waals surface area contributed by atoms with Crippen LogP contribution in [-0.2, 0) is 7.05 Å². The van der Waals surface area contributed by atoms with E-state index in [0.717, 1.165) is 6.07 Å². The molecule has 4 nitrogen and oxygen atoms in total. The van der Waals surface area contributed by atoms with Crippen LogP contribution in [0.25, 0.3) is 0 Å². The van der Waals surface area contributed by atoms with Crippen molar-refractivity contribution in [2.45, 2.75) is 6.04 Å². The summed E-state index contributed by atoms with van der Waals surface area (Å²) in [4.78, 5) is 0. The third-order valence-corrected chi connectivity index (χ3v) is 2.71. The molecule has 1 N–H and O–H groups in total. The first-order valence-electron chi connectivity index (χ1n) is 5.21. The molecule has 1 atom stereocenters. The van der Waals surface area contributed by atoms with E-state index < -0.39 is 23.5 Å². The van der Waals surface area contributed by atoms with Crippen LogP contribution in [0.2, 0.25) is 0 Å². The highest BCUT2D eigenvalue weighted by atomic mass is 19.2. The molecule has 0 aliphatic rings. The van der Waals surface area contributed by atoms with E-state index in [1.165, 1.54) is 16.9 Å². The number of nitrogens with zero attached hydrogens (tertiary/aromatic N) is 3. The summed E-state index contributed by atoms with van der Waals surface area (Å²) in [5.74, 6) is -3.91. The summed E-state index contributed by atoms with van der Waals surface area (Å²) in [6.07, 6.45) is 1.43. The Morgan fingerprint density at radius 2 is 1.94 bits per heavy atom. The Labute approximate surface area is 101 Å². The van der Waals surface area contributed by atoms with Gasteiger partial charge in [0.1, 0.15) is 0 Å². The lowest BCUT2D eigenvalue weighted by molar-refractivity contribution is 0.433. The van der Waals surface area contributed by atoms with E-state index in [0.29, 0.717) is 5.69 Å². The van der Waals surface area contributed by atoms with Crippen molar-refractivity contribution in [2.75, 3.05) is 7.05 Å². The Hall–Kier alpha value is -1.89.